The van der Waals surface area contributed by atoms with Gasteiger partial charge in [-0.15, -0.1) is 0 Å². The summed E-state index contributed by atoms with van der Waals surface area (Å²) < 4.78 is 0. The predicted molar refractivity (Wildman–Crippen MR) is 75.4 cm³/mol. The average Bonchev–Trinajstić information content (AvgIpc) is 2.72. The van der Waals surface area contributed by atoms with Gasteiger partial charge in [0.05, 0.1) is 12.0 Å². The number of hydrogen-bond acceptors (Lipinski definition) is 3. The fourth-order valence-corrected chi connectivity index (χ4v) is 3.99. The minimum atomic E-state index is -0.845. The Morgan fingerprint density at radius 3 is 2.58 bits per heavy atom. The van der Waals surface area contributed by atoms with Gasteiger partial charge in [-0.25, -0.2) is 4.79 Å². The van der Waals surface area contributed by atoms with Gasteiger partial charge in [0.15, 0.2) is 0 Å². The summed E-state index contributed by atoms with van der Waals surface area (Å²) in [6.07, 6.45) is 7.93. The minimum absolute atomic E-state index is 0.0248. The molecule has 0 aliphatic heterocycles. The van der Waals surface area contributed by atoms with Crippen LogP contribution in [-0.4, -0.2) is 40.2 Å². The van der Waals surface area contributed by atoms with E-state index in [1.807, 2.05) is 0 Å². The maximum atomic E-state index is 12.0. The quantitative estimate of drug-likeness (QED) is 0.722. The lowest BCUT2D eigenvalue weighted by molar-refractivity contribution is -0.139. The van der Waals surface area contributed by atoms with E-state index in [0.717, 1.165) is 38.5 Å². The summed E-state index contributed by atoms with van der Waals surface area (Å²) in [5, 5.41) is 15.3. The number of carbonyl (C=O) groups is 2. The smallest absolute Gasteiger partial charge is 0.315 e. The summed E-state index contributed by atoms with van der Waals surface area (Å²) in [4.78, 5) is 22.9. The van der Waals surface area contributed by atoms with Crippen LogP contribution in [0.2, 0.25) is 0 Å². The van der Waals surface area contributed by atoms with Crippen molar-refractivity contribution in [2.45, 2.75) is 61.8 Å². The molecule has 0 aromatic carbocycles. The lowest BCUT2D eigenvalue weighted by Crippen LogP contribution is -2.58. The Morgan fingerprint density at radius 1 is 1.32 bits per heavy atom. The van der Waals surface area contributed by atoms with E-state index in [1.54, 1.807) is 11.8 Å². The van der Waals surface area contributed by atoms with Crippen LogP contribution in [-0.2, 0) is 4.79 Å². The van der Waals surface area contributed by atoms with Crippen molar-refractivity contribution in [3.05, 3.63) is 0 Å². The standard InChI is InChI=1S/C13H22N2O3S/c1-19-10-5-2-4-9(10)14-12(18)15-13(6-3-7-13)8-11(16)17/h9-10H,2-8H2,1H3,(H,16,17)(H2,14,15,18). The van der Waals surface area contributed by atoms with Gasteiger partial charge in [-0.3, -0.25) is 4.79 Å². The largest absolute Gasteiger partial charge is 0.481 e. The number of hydrogen-bond donors (Lipinski definition) is 3. The van der Waals surface area contributed by atoms with E-state index in [2.05, 4.69) is 16.9 Å². The topological polar surface area (TPSA) is 78.4 Å². The molecular formula is C13H22N2O3S. The van der Waals surface area contributed by atoms with E-state index in [4.69, 9.17) is 5.11 Å². The molecule has 2 fully saturated rings. The molecule has 0 aromatic rings. The van der Waals surface area contributed by atoms with Crippen LogP contribution in [0, 0.1) is 0 Å². The van der Waals surface area contributed by atoms with E-state index >= 15 is 0 Å². The Bertz CT molecular complexity index is 358. The molecule has 2 aliphatic rings. The number of carboxylic acids is 1. The fourth-order valence-electron chi connectivity index (χ4n) is 3.06. The molecule has 108 valence electrons. The number of carbonyl (C=O) groups excluding carboxylic acids is 1. The molecule has 0 spiro atoms. The van der Waals surface area contributed by atoms with Crippen LogP contribution in [0.1, 0.15) is 44.9 Å². The van der Waals surface area contributed by atoms with Gasteiger partial charge in [0, 0.05) is 11.3 Å². The maximum absolute atomic E-state index is 12.0. The van der Waals surface area contributed by atoms with E-state index < -0.39 is 11.5 Å². The minimum Gasteiger partial charge on any atom is -0.481 e. The number of thioether (sulfide) groups is 1. The third-order valence-electron chi connectivity index (χ3n) is 4.25. The Labute approximate surface area is 117 Å². The summed E-state index contributed by atoms with van der Waals surface area (Å²) in [6, 6.07) is 0.0175. The van der Waals surface area contributed by atoms with Crippen molar-refractivity contribution in [2.75, 3.05) is 6.26 Å². The average molecular weight is 286 g/mol. The summed E-state index contributed by atoms with van der Waals surface area (Å²) in [5.74, 6) is -0.845. The first-order valence-electron chi connectivity index (χ1n) is 6.88. The molecule has 2 saturated carbocycles. The Balaban J connectivity index is 1.84. The van der Waals surface area contributed by atoms with Crippen molar-refractivity contribution in [3.63, 3.8) is 0 Å². The molecule has 0 saturated heterocycles. The van der Waals surface area contributed by atoms with Crippen molar-refractivity contribution in [3.8, 4) is 0 Å². The predicted octanol–water partition coefficient (Wildman–Crippen LogP) is 1.97. The third-order valence-corrected chi connectivity index (χ3v) is 5.42. The zero-order valence-corrected chi connectivity index (χ0v) is 12.1. The van der Waals surface area contributed by atoms with Gasteiger partial charge in [0.2, 0.25) is 0 Å². The summed E-state index contributed by atoms with van der Waals surface area (Å²) in [7, 11) is 0. The van der Waals surface area contributed by atoms with Crippen molar-refractivity contribution in [2.24, 2.45) is 0 Å². The zero-order chi connectivity index (χ0) is 13.9. The third kappa shape index (κ3) is 3.55. The van der Waals surface area contributed by atoms with Gasteiger partial charge in [0.1, 0.15) is 0 Å². The highest BCUT2D eigenvalue weighted by molar-refractivity contribution is 7.99. The molecule has 0 bridgehead atoms. The highest BCUT2D eigenvalue weighted by Crippen LogP contribution is 2.35. The molecule has 0 heterocycles. The van der Waals surface area contributed by atoms with Gasteiger partial charge in [-0.2, -0.15) is 11.8 Å². The first kappa shape index (κ1) is 14.5. The molecule has 6 heteroatoms. The second-order valence-corrected chi connectivity index (χ2v) is 6.69. The SMILES string of the molecule is CSC1CCCC1NC(=O)NC1(CC(=O)O)CCC1. The van der Waals surface area contributed by atoms with Crippen LogP contribution in [0.4, 0.5) is 4.79 Å². The second kappa shape index (κ2) is 6.03. The molecule has 0 radical (unpaired) electrons. The normalized spacial score (nSPS) is 28.5. The molecule has 2 aliphatic carbocycles. The number of carboxylic acid groups (broad SMARTS) is 1. The number of aliphatic carboxylic acids is 1. The lowest BCUT2D eigenvalue weighted by Gasteiger charge is -2.41. The number of nitrogens with one attached hydrogen (secondary N) is 2. The van der Waals surface area contributed by atoms with Gasteiger partial charge in [-0.1, -0.05) is 6.42 Å². The van der Waals surface area contributed by atoms with E-state index in [1.165, 1.54) is 0 Å². The van der Waals surface area contributed by atoms with E-state index in [0.29, 0.717) is 5.25 Å². The number of amides is 2. The van der Waals surface area contributed by atoms with Gasteiger partial charge >= 0.3 is 12.0 Å². The van der Waals surface area contributed by atoms with Crippen LogP contribution >= 0.6 is 11.8 Å². The summed E-state index contributed by atoms with van der Waals surface area (Å²) >= 11 is 1.79. The van der Waals surface area contributed by atoms with Gasteiger partial charge in [-0.05, 0) is 38.4 Å². The molecular weight excluding hydrogens is 264 g/mol. The Hall–Kier alpha value is -0.910. The lowest BCUT2D eigenvalue weighted by atomic mass is 9.74. The maximum Gasteiger partial charge on any atom is 0.315 e. The number of rotatable bonds is 5. The Morgan fingerprint density at radius 2 is 2.05 bits per heavy atom. The van der Waals surface area contributed by atoms with Crippen LogP contribution in [0.15, 0.2) is 0 Å². The summed E-state index contributed by atoms with van der Waals surface area (Å²) in [5.41, 5.74) is -0.511. The van der Waals surface area contributed by atoms with Gasteiger partial charge < -0.3 is 15.7 Å². The molecule has 0 aromatic heterocycles. The first-order valence-corrected chi connectivity index (χ1v) is 8.17. The van der Waals surface area contributed by atoms with Crippen molar-refractivity contribution >= 4 is 23.8 Å². The highest BCUT2D eigenvalue weighted by atomic mass is 32.2. The molecule has 2 rings (SSSR count). The molecule has 2 amide bonds. The Kier molecular flexibility index (Phi) is 4.60. The second-order valence-electron chi connectivity index (χ2n) is 5.61. The molecule has 19 heavy (non-hydrogen) atoms. The number of urea groups is 1. The molecule has 3 N–H and O–H groups in total. The van der Waals surface area contributed by atoms with Crippen LogP contribution in [0.5, 0.6) is 0 Å². The van der Waals surface area contributed by atoms with Crippen molar-refractivity contribution in [1.29, 1.82) is 0 Å². The van der Waals surface area contributed by atoms with E-state index in [-0.39, 0.29) is 18.5 Å². The highest BCUT2D eigenvalue weighted by Gasteiger charge is 2.41. The molecule has 5 nitrogen and oxygen atoms in total. The van der Waals surface area contributed by atoms with Gasteiger partial charge in [0.25, 0.3) is 0 Å². The zero-order valence-electron chi connectivity index (χ0n) is 11.3. The van der Waals surface area contributed by atoms with Crippen LogP contribution < -0.4 is 10.6 Å². The van der Waals surface area contributed by atoms with Crippen LogP contribution in [0.3, 0.4) is 0 Å². The molecule has 2 unspecified atom stereocenters. The fraction of sp³-hybridized carbons (Fsp3) is 0.846. The monoisotopic (exact) mass is 286 g/mol. The van der Waals surface area contributed by atoms with Crippen LogP contribution in [0.25, 0.3) is 0 Å². The van der Waals surface area contributed by atoms with Crippen molar-refractivity contribution < 1.29 is 14.7 Å². The summed E-state index contributed by atoms with van der Waals surface area (Å²) in [6.45, 7) is 0. The van der Waals surface area contributed by atoms with E-state index in [9.17, 15) is 9.59 Å². The first-order chi connectivity index (χ1) is 9.04. The van der Waals surface area contributed by atoms with Crippen molar-refractivity contribution in [1.82, 2.24) is 10.6 Å². The molecule has 2 atom stereocenters.